The van der Waals surface area contributed by atoms with Crippen molar-refractivity contribution >= 4 is 22.5 Å². The fourth-order valence-corrected chi connectivity index (χ4v) is 1.86. The summed E-state index contributed by atoms with van der Waals surface area (Å²) in [6.07, 6.45) is 1.70. The van der Waals surface area contributed by atoms with Gasteiger partial charge in [-0.3, -0.25) is 0 Å². The average Bonchev–Trinajstić information content (AvgIpc) is 2.73. The number of benzene rings is 1. The number of imidazole rings is 1. The number of nitrogen functional groups attached to an aromatic ring is 2. The Morgan fingerprint density at radius 3 is 2.72 bits per heavy atom. The molecule has 0 spiro atoms. The lowest BCUT2D eigenvalue weighted by molar-refractivity contribution is 1.28. The Kier molecular flexibility index (Phi) is 2.19. The van der Waals surface area contributed by atoms with E-state index in [4.69, 9.17) is 11.5 Å². The van der Waals surface area contributed by atoms with E-state index in [0.717, 1.165) is 33.7 Å². The lowest BCUT2D eigenvalue weighted by atomic mass is 10.2. The molecule has 0 atom stereocenters. The summed E-state index contributed by atoms with van der Waals surface area (Å²) in [7, 11) is 0. The van der Waals surface area contributed by atoms with Crippen LogP contribution in [-0.4, -0.2) is 15.0 Å². The Hall–Kier alpha value is -2.56. The number of hydrogen-bond acceptors (Lipinski definition) is 4. The first-order valence-corrected chi connectivity index (χ1v) is 5.61. The molecule has 3 aromatic rings. The number of aromatic amines is 1. The summed E-state index contributed by atoms with van der Waals surface area (Å²) in [4.78, 5) is 11.8. The van der Waals surface area contributed by atoms with Crippen molar-refractivity contribution in [2.24, 2.45) is 0 Å². The number of aryl methyl sites for hydroxylation is 1. The third-order valence-electron chi connectivity index (χ3n) is 2.93. The molecule has 90 valence electrons. The van der Waals surface area contributed by atoms with Crippen LogP contribution in [0.3, 0.4) is 0 Å². The van der Waals surface area contributed by atoms with Crippen LogP contribution in [0.1, 0.15) is 5.56 Å². The SMILES string of the molecule is Cc1cc2[nH]c(-c3ccc(N)nc3)nc2cc1N. The van der Waals surface area contributed by atoms with Gasteiger partial charge in [0.1, 0.15) is 11.6 Å². The van der Waals surface area contributed by atoms with Gasteiger partial charge >= 0.3 is 0 Å². The predicted molar refractivity (Wildman–Crippen MR) is 72.9 cm³/mol. The van der Waals surface area contributed by atoms with Gasteiger partial charge in [0.25, 0.3) is 0 Å². The quantitative estimate of drug-likeness (QED) is 0.567. The highest BCUT2D eigenvalue weighted by Crippen LogP contribution is 2.23. The monoisotopic (exact) mass is 239 g/mol. The topological polar surface area (TPSA) is 93.6 Å². The number of anilines is 2. The second-order valence-electron chi connectivity index (χ2n) is 4.28. The highest BCUT2D eigenvalue weighted by molar-refractivity contribution is 5.83. The van der Waals surface area contributed by atoms with Crippen molar-refractivity contribution in [1.82, 2.24) is 15.0 Å². The van der Waals surface area contributed by atoms with Gasteiger partial charge in [-0.2, -0.15) is 0 Å². The molecular formula is C13H13N5. The fourth-order valence-electron chi connectivity index (χ4n) is 1.86. The van der Waals surface area contributed by atoms with Crippen molar-refractivity contribution in [3.8, 4) is 11.4 Å². The molecule has 18 heavy (non-hydrogen) atoms. The number of H-pyrrole nitrogens is 1. The molecule has 0 aliphatic carbocycles. The van der Waals surface area contributed by atoms with E-state index < -0.39 is 0 Å². The molecule has 5 heteroatoms. The molecule has 3 rings (SSSR count). The number of hydrogen-bond donors (Lipinski definition) is 3. The summed E-state index contributed by atoms with van der Waals surface area (Å²) < 4.78 is 0. The van der Waals surface area contributed by atoms with Crippen LogP contribution >= 0.6 is 0 Å². The number of nitrogens with zero attached hydrogens (tertiary/aromatic N) is 2. The number of nitrogens with two attached hydrogens (primary N) is 2. The number of aromatic nitrogens is 3. The summed E-state index contributed by atoms with van der Waals surface area (Å²) in [6.45, 7) is 1.97. The first-order chi connectivity index (χ1) is 8.63. The summed E-state index contributed by atoms with van der Waals surface area (Å²) >= 11 is 0. The van der Waals surface area contributed by atoms with E-state index in [9.17, 15) is 0 Å². The van der Waals surface area contributed by atoms with Gasteiger partial charge in [0.2, 0.25) is 0 Å². The zero-order valence-electron chi connectivity index (χ0n) is 9.94. The van der Waals surface area contributed by atoms with Gasteiger partial charge in [-0.15, -0.1) is 0 Å². The van der Waals surface area contributed by atoms with Gasteiger partial charge in [0.05, 0.1) is 11.0 Å². The standard InChI is InChI=1S/C13H13N5/c1-7-4-10-11(5-9(7)14)18-13(17-10)8-2-3-12(15)16-6-8/h2-6H,14H2,1H3,(H2,15,16)(H,17,18). The van der Waals surface area contributed by atoms with Crippen LogP contribution in [0.2, 0.25) is 0 Å². The molecule has 0 unspecified atom stereocenters. The lowest BCUT2D eigenvalue weighted by Gasteiger charge is -1.97. The Morgan fingerprint density at radius 2 is 2.00 bits per heavy atom. The van der Waals surface area contributed by atoms with E-state index in [1.807, 2.05) is 25.1 Å². The molecule has 0 amide bonds. The number of fused-ring (bicyclic) bond motifs is 1. The van der Waals surface area contributed by atoms with E-state index in [1.165, 1.54) is 0 Å². The molecule has 0 aliphatic rings. The van der Waals surface area contributed by atoms with Crippen molar-refractivity contribution < 1.29 is 0 Å². The summed E-state index contributed by atoms with van der Waals surface area (Å²) in [5.41, 5.74) is 15.9. The van der Waals surface area contributed by atoms with Gasteiger partial charge in [-0.1, -0.05) is 0 Å². The number of pyridine rings is 1. The van der Waals surface area contributed by atoms with Crippen LogP contribution in [0.15, 0.2) is 30.5 Å². The Balaban J connectivity index is 2.16. The van der Waals surface area contributed by atoms with E-state index in [0.29, 0.717) is 5.82 Å². The number of rotatable bonds is 1. The Bertz CT molecular complexity index is 673. The van der Waals surface area contributed by atoms with Crippen molar-refractivity contribution in [3.05, 3.63) is 36.0 Å². The predicted octanol–water partition coefficient (Wildman–Crippen LogP) is 2.10. The normalized spacial score (nSPS) is 10.9. The summed E-state index contributed by atoms with van der Waals surface area (Å²) in [5.74, 6) is 1.26. The largest absolute Gasteiger partial charge is 0.398 e. The Morgan fingerprint density at radius 1 is 1.17 bits per heavy atom. The zero-order chi connectivity index (χ0) is 12.7. The highest BCUT2D eigenvalue weighted by atomic mass is 14.9. The minimum absolute atomic E-state index is 0.495. The molecule has 2 aromatic heterocycles. The first-order valence-electron chi connectivity index (χ1n) is 5.61. The summed E-state index contributed by atoms with van der Waals surface area (Å²) in [5, 5.41) is 0. The second kappa shape index (κ2) is 3.73. The second-order valence-corrected chi connectivity index (χ2v) is 4.28. The minimum atomic E-state index is 0.495. The van der Waals surface area contributed by atoms with Gasteiger partial charge < -0.3 is 16.5 Å². The van der Waals surface area contributed by atoms with Crippen LogP contribution < -0.4 is 11.5 Å². The molecule has 0 radical (unpaired) electrons. The van der Waals surface area contributed by atoms with Gasteiger partial charge in [-0.25, -0.2) is 9.97 Å². The molecule has 0 bridgehead atoms. The smallest absolute Gasteiger partial charge is 0.140 e. The third kappa shape index (κ3) is 1.66. The van der Waals surface area contributed by atoms with Gasteiger partial charge in [0, 0.05) is 17.4 Å². The zero-order valence-corrected chi connectivity index (χ0v) is 9.94. The maximum atomic E-state index is 5.87. The highest BCUT2D eigenvalue weighted by Gasteiger charge is 2.07. The maximum absolute atomic E-state index is 5.87. The first kappa shape index (κ1) is 10.6. The molecule has 5 nitrogen and oxygen atoms in total. The van der Waals surface area contributed by atoms with E-state index in [1.54, 1.807) is 12.3 Å². The van der Waals surface area contributed by atoms with E-state index >= 15 is 0 Å². The van der Waals surface area contributed by atoms with Gasteiger partial charge in [-0.05, 0) is 36.8 Å². The van der Waals surface area contributed by atoms with Crippen molar-refractivity contribution in [3.63, 3.8) is 0 Å². The molecule has 1 aromatic carbocycles. The van der Waals surface area contributed by atoms with Crippen molar-refractivity contribution in [2.45, 2.75) is 6.92 Å². The molecular weight excluding hydrogens is 226 g/mol. The molecule has 0 saturated carbocycles. The van der Waals surface area contributed by atoms with Crippen molar-refractivity contribution in [2.75, 3.05) is 11.5 Å². The molecule has 5 N–H and O–H groups in total. The van der Waals surface area contributed by atoms with Crippen LogP contribution in [0.4, 0.5) is 11.5 Å². The molecule has 0 saturated heterocycles. The maximum Gasteiger partial charge on any atom is 0.140 e. The van der Waals surface area contributed by atoms with Gasteiger partial charge in [0.15, 0.2) is 0 Å². The third-order valence-corrected chi connectivity index (χ3v) is 2.93. The van der Waals surface area contributed by atoms with Crippen LogP contribution in [-0.2, 0) is 0 Å². The van der Waals surface area contributed by atoms with Crippen LogP contribution in [0.25, 0.3) is 22.4 Å². The number of nitrogens with one attached hydrogen (secondary N) is 1. The molecule has 0 aliphatic heterocycles. The molecule has 2 heterocycles. The fraction of sp³-hybridized carbons (Fsp3) is 0.0769. The van der Waals surface area contributed by atoms with E-state index in [2.05, 4.69) is 15.0 Å². The van der Waals surface area contributed by atoms with E-state index in [-0.39, 0.29) is 0 Å². The van der Waals surface area contributed by atoms with Crippen LogP contribution in [0.5, 0.6) is 0 Å². The lowest BCUT2D eigenvalue weighted by Crippen LogP contribution is -1.89. The van der Waals surface area contributed by atoms with Crippen molar-refractivity contribution in [1.29, 1.82) is 0 Å². The molecule has 0 fully saturated rings. The minimum Gasteiger partial charge on any atom is -0.398 e. The summed E-state index contributed by atoms with van der Waals surface area (Å²) in [6, 6.07) is 7.50. The van der Waals surface area contributed by atoms with Crippen LogP contribution in [0, 0.1) is 6.92 Å². The average molecular weight is 239 g/mol. The Labute approximate surface area is 104 Å².